The molecule has 4 rings (SSSR count). The normalized spacial score (nSPS) is 11.4. The van der Waals surface area contributed by atoms with Crippen LogP contribution in [0.3, 0.4) is 0 Å². The second-order valence-electron chi connectivity index (χ2n) is 7.25. The zero-order valence-electron chi connectivity index (χ0n) is 18.4. The molecule has 0 radical (unpaired) electrons. The van der Waals surface area contributed by atoms with Crippen LogP contribution in [0.25, 0.3) is 16.9 Å². The first kappa shape index (κ1) is 23.1. The molecule has 0 unspecified atom stereocenters. The van der Waals surface area contributed by atoms with Crippen molar-refractivity contribution in [2.75, 3.05) is 19.5 Å². The first-order chi connectivity index (χ1) is 15.1. The Kier molecular flexibility index (Phi) is 7.33. The van der Waals surface area contributed by atoms with Crippen LogP contribution in [0.1, 0.15) is 24.2 Å². The topological polar surface area (TPSA) is 74.1 Å². The summed E-state index contributed by atoms with van der Waals surface area (Å²) in [4.78, 5) is 4.28. The molecule has 166 valence electrons. The SMILES string of the molecule is COc1ccc([C@H](C)Nc2ccc(-c3ccc(-n4cnc(C)c4)c(OC)c3)nn2)cc1.Cl. The van der Waals surface area contributed by atoms with Gasteiger partial charge in [-0.05, 0) is 55.8 Å². The molecule has 4 aromatic rings. The molecule has 0 aliphatic heterocycles. The van der Waals surface area contributed by atoms with Gasteiger partial charge in [-0.1, -0.05) is 18.2 Å². The Labute approximate surface area is 193 Å². The molecular formula is C24H26ClN5O2. The maximum atomic E-state index is 5.59. The summed E-state index contributed by atoms with van der Waals surface area (Å²) in [7, 11) is 3.32. The van der Waals surface area contributed by atoms with E-state index in [0.29, 0.717) is 5.82 Å². The van der Waals surface area contributed by atoms with Crippen LogP contribution in [0.5, 0.6) is 11.5 Å². The van der Waals surface area contributed by atoms with Crippen molar-refractivity contribution in [3.63, 3.8) is 0 Å². The summed E-state index contributed by atoms with van der Waals surface area (Å²) in [5, 5.41) is 12.1. The third-order valence-electron chi connectivity index (χ3n) is 5.11. The van der Waals surface area contributed by atoms with Gasteiger partial charge in [-0.25, -0.2) is 4.98 Å². The average molecular weight is 452 g/mol. The number of benzene rings is 2. The smallest absolute Gasteiger partial charge is 0.149 e. The van der Waals surface area contributed by atoms with E-state index in [0.717, 1.165) is 39.7 Å². The molecule has 0 spiro atoms. The van der Waals surface area contributed by atoms with Crippen LogP contribution < -0.4 is 14.8 Å². The van der Waals surface area contributed by atoms with Crippen LogP contribution in [0.2, 0.25) is 0 Å². The third-order valence-corrected chi connectivity index (χ3v) is 5.11. The van der Waals surface area contributed by atoms with E-state index in [-0.39, 0.29) is 18.4 Å². The summed E-state index contributed by atoms with van der Waals surface area (Å²) in [5.74, 6) is 2.29. The zero-order valence-corrected chi connectivity index (χ0v) is 19.3. The van der Waals surface area contributed by atoms with Gasteiger partial charge in [0, 0.05) is 11.8 Å². The van der Waals surface area contributed by atoms with Gasteiger partial charge in [-0.15, -0.1) is 22.6 Å². The van der Waals surface area contributed by atoms with Gasteiger partial charge in [0.2, 0.25) is 0 Å². The van der Waals surface area contributed by atoms with E-state index in [2.05, 4.69) is 27.4 Å². The standard InChI is InChI=1S/C24H25N5O2.ClH/c1-16-14-29(15-25-16)22-11-7-19(13-23(22)31-4)21-10-12-24(28-27-21)26-17(2)18-5-8-20(30-3)9-6-18;/h5-15,17H,1-4H3,(H,26,28);1H/t17-;/m0./s1. The highest BCUT2D eigenvalue weighted by molar-refractivity contribution is 5.85. The number of rotatable bonds is 7. The summed E-state index contributed by atoms with van der Waals surface area (Å²) >= 11 is 0. The Morgan fingerprint density at radius 2 is 1.72 bits per heavy atom. The highest BCUT2D eigenvalue weighted by atomic mass is 35.5. The zero-order chi connectivity index (χ0) is 21.8. The van der Waals surface area contributed by atoms with Crippen molar-refractivity contribution >= 4 is 18.2 Å². The number of halogens is 1. The molecule has 0 aliphatic rings. The van der Waals surface area contributed by atoms with Crippen LogP contribution in [0.15, 0.2) is 67.1 Å². The lowest BCUT2D eigenvalue weighted by Gasteiger charge is -2.15. The second-order valence-corrected chi connectivity index (χ2v) is 7.25. The summed E-state index contributed by atoms with van der Waals surface area (Å²) < 4.78 is 12.8. The molecule has 7 nitrogen and oxygen atoms in total. The fourth-order valence-electron chi connectivity index (χ4n) is 3.36. The number of nitrogens with one attached hydrogen (secondary N) is 1. The van der Waals surface area contributed by atoms with Gasteiger partial charge in [-0.2, -0.15) is 0 Å². The maximum Gasteiger partial charge on any atom is 0.149 e. The minimum Gasteiger partial charge on any atom is -0.497 e. The molecule has 1 N–H and O–H groups in total. The Morgan fingerprint density at radius 3 is 2.31 bits per heavy atom. The van der Waals surface area contributed by atoms with Crippen molar-refractivity contribution in [2.24, 2.45) is 0 Å². The molecule has 0 fully saturated rings. The molecule has 2 heterocycles. The van der Waals surface area contributed by atoms with Crippen LogP contribution in [0.4, 0.5) is 5.82 Å². The van der Waals surface area contributed by atoms with Crippen LogP contribution in [-0.4, -0.2) is 34.0 Å². The van der Waals surface area contributed by atoms with Gasteiger partial charge in [0.25, 0.3) is 0 Å². The molecular weight excluding hydrogens is 426 g/mol. The highest BCUT2D eigenvalue weighted by Crippen LogP contribution is 2.29. The minimum atomic E-state index is 0. The van der Waals surface area contributed by atoms with E-state index in [9.17, 15) is 0 Å². The van der Waals surface area contributed by atoms with Gasteiger partial charge in [-0.3, -0.25) is 0 Å². The predicted molar refractivity (Wildman–Crippen MR) is 128 cm³/mol. The third kappa shape index (κ3) is 5.00. The van der Waals surface area contributed by atoms with E-state index >= 15 is 0 Å². The molecule has 0 bridgehead atoms. The van der Waals surface area contributed by atoms with Crippen LogP contribution in [0, 0.1) is 6.92 Å². The molecule has 0 amide bonds. The van der Waals surface area contributed by atoms with E-state index in [1.54, 1.807) is 20.5 Å². The number of aromatic nitrogens is 4. The van der Waals surface area contributed by atoms with Crippen LogP contribution in [-0.2, 0) is 0 Å². The molecule has 0 saturated heterocycles. The number of imidazole rings is 1. The monoisotopic (exact) mass is 451 g/mol. The van der Waals surface area contributed by atoms with Crippen molar-refractivity contribution in [1.82, 2.24) is 19.7 Å². The lowest BCUT2D eigenvalue weighted by atomic mass is 10.1. The quantitative estimate of drug-likeness (QED) is 0.413. The van der Waals surface area contributed by atoms with Crippen molar-refractivity contribution in [2.45, 2.75) is 19.9 Å². The van der Waals surface area contributed by atoms with Gasteiger partial charge in [0.05, 0.1) is 43.7 Å². The predicted octanol–water partition coefficient (Wildman–Crippen LogP) is 5.25. The summed E-state index contributed by atoms with van der Waals surface area (Å²) in [6, 6.07) is 17.9. The molecule has 2 aromatic carbocycles. The van der Waals surface area contributed by atoms with Gasteiger partial charge < -0.3 is 19.4 Å². The van der Waals surface area contributed by atoms with Crippen molar-refractivity contribution in [3.05, 3.63) is 78.4 Å². The molecule has 0 saturated carbocycles. The van der Waals surface area contributed by atoms with Crippen molar-refractivity contribution in [3.8, 4) is 28.4 Å². The van der Waals surface area contributed by atoms with Crippen LogP contribution >= 0.6 is 12.4 Å². The second kappa shape index (κ2) is 10.2. The van der Waals surface area contributed by atoms with E-state index in [1.165, 1.54) is 0 Å². The number of hydrogen-bond donors (Lipinski definition) is 1. The number of anilines is 1. The van der Waals surface area contributed by atoms with Crippen molar-refractivity contribution < 1.29 is 9.47 Å². The van der Waals surface area contributed by atoms with E-state index in [1.807, 2.05) is 72.3 Å². The Bertz CT molecular complexity index is 1160. The fraction of sp³-hybridized carbons (Fsp3) is 0.208. The van der Waals surface area contributed by atoms with Gasteiger partial charge in [0.15, 0.2) is 0 Å². The van der Waals surface area contributed by atoms with Crippen molar-refractivity contribution in [1.29, 1.82) is 0 Å². The minimum absolute atomic E-state index is 0. The summed E-state index contributed by atoms with van der Waals surface area (Å²) in [6.07, 6.45) is 3.74. The first-order valence-electron chi connectivity index (χ1n) is 10.0. The number of ether oxygens (including phenoxy) is 2. The Morgan fingerprint density at radius 1 is 0.938 bits per heavy atom. The number of nitrogens with zero attached hydrogens (tertiary/aromatic N) is 4. The summed E-state index contributed by atoms with van der Waals surface area (Å²) in [5.41, 5.74) is 4.71. The first-order valence-corrected chi connectivity index (χ1v) is 10.0. The molecule has 2 aromatic heterocycles. The van der Waals surface area contributed by atoms with E-state index in [4.69, 9.17) is 9.47 Å². The lowest BCUT2D eigenvalue weighted by Crippen LogP contribution is -2.08. The Hall–Kier alpha value is -3.58. The highest BCUT2D eigenvalue weighted by Gasteiger charge is 2.11. The number of aryl methyl sites for hydroxylation is 1. The molecule has 8 heteroatoms. The molecule has 0 aliphatic carbocycles. The Balaban J connectivity index is 0.00000289. The maximum absolute atomic E-state index is 5.59. The molecule has 1 atom stereocenters. The molecule has 32 heavy (non-hydrogen) atoms. The van der Waals surface area contributed by atoms with Gasteiger partial charge in [0.1, 0.15) is 17.3 Å². The fourth-order valence-corrected chi connectivity index (χ4v) is 3.36. The number of methoxy groups -OCH3 is 2. The van der Waals surface area contributed by atoms with E-state index < -0.39 is 0 Å². The van der Waals surface area contributed by atoms with Gasteiger partial charge >= 0.3 is 0 Å². The number of hydrogen-bond acceptors (Lipinski definition) is 6. The lowest BCUT2D eigenvalue weighted by molar-refractivity contribution is 0.413. The summed E-state index contributed by atoms with van der Waals surface area (Å²) in [6.45, 7) is 4.04. The average Bonchev–Trinajstić information content (AvgIpc) is 3.25. The largest absolute Gasteiger partial charge is 0.497 e.